The van der Waals surface area contributed by atoms with E-state index in [9.17, 15) is 9.59 Å². The van der Waals surface area contributed by atoms with Gasteiger partial charge in [0.25, 0.3) is 0 Å². The van der Waals surface area contributed by atoms with Crippen molar-refractivity contribution in [2.45, 2.75) is 25.4 Å². The highest BCUT2D eigenvalue weighted by Crippen LogP contribution is 2.38. The summed E-state index contributed by atoms with van der Waals surface area (Å²) in [5.41, 5.74) is 1.09. The zero-order chi connectivity index (χ0) is 14.8. The molecule has 1 saturated heterocycles. The predicted molar refractivity (Wildman–Crippen MR) is 78.2 cm³/mol. The lowest BCUT2D eigenvalue weighted by atomic mass is 9.84. The Labute approximate surface area is 124 Å². The van der Waals surface area contributed by atoms with Crippen molar-refractivity contribution >= 4 is 11.9 Å². The monoisotopic (exact) mass is 285 g/mol. The van der Waals surface area contributed by atoms with E-state index in [0.717, 1.165) is 18.4 Å². The van der Waals surface area contributed by atoms with E-state index in [4.69, 9.17) is 4.74 Å². The summed E-state index contributed by atoms with van der Waals surface area (Å²) in [6.07, 6.45) is 5.94. The van der Waals surface area contributed by atoms with Crippen LogP contribution in [-0.4, -0.2) is 29.9 Å². The number of hydrogen-bond acceptors (Lipinski definition) is 3. The van der Waals surface area contributed by atoms with Crippen LogP contribution in [0.3, 0.4) is 0 Å². The van der Waals surface area contributed by atoms with E-state index >= 15 is 0 Å². The van der Waals surface area contributed by atoms with Crippen LogP contribution in [0.1, 0.15) is 18.4 Å². The Bertz CT molecular complexity index is 567. The maximum absolute atomic E-state index is 12.7. The van der Waals surface area contributed by atoms with Gasteiger partial charge in [-0.15, -0.1) is 0 Å². The fraction of sp³-hybridized carbons (Fsp3) is 0.412. The highest BCUT2D eigenvalue weighted by atomic mass is 16.5. The Morgan fingerprint density at radius 1 is 1.33 bits per heavy atom. The molecular weight excluding hydrogens is 266 g/mol. The first-order valence-electron chi connectivity index (χ1n) is 7.31. The Balaban J connectivity index is 1.88. The number of fused-ring (bicyclic) bond motifs is 1. The van der Waals surface area contributed by atoms with Crippen molar-refractivity contribution < 1.29 is 14.3 Å². The van der Waals surface area contributed by atoms with Gasteiger partial charge >= 0.3 is 5.97 Å². The molecule has 0 bridgehead atoms. The predicted octanol–water partition coefficient (Wildman–Crippen LogP) is 2.15. The quantitative estimate of drug-likeness (QED) is 0.486. The van der Waals surface area contributed by atoms with Crippen LogP contribution in [-0.2, 0) is 20.9 Å². The highest BCUT2D eigenvalue weighted by molar-refractivity contribution is 6.00. The molecule has 0 N–H and O–H groups in total. The highest BCUT2D eigenvalue weighted by Gasteiger charge is 2.51. The molecule has 1 aliphatic heterocycles. The maximum Gasteiger partial charge on any atom is 0.318 e. The van der Waals surface area contributed by atoms with Crippen LogP contribution in [0.15, 0.2) is 42.5 Å². The summed E-state index contributed by atoms with van der Waals surface area (Å²) in [6.45, 7) is 0.558. The molecule has 1 aromatic carbocycles. The van der Waals surface area contributed by atoms with Crippen LogP contribution >= 0.6 is 0 Å². The third-order valence-corrected chi connectivity index (χ3v) is 4.42. The van der Waals surface area contributed by atoms with E-state index in [0.29, 0.717) is 6.54 Å². The average molecular weight is 285 g/mol. The fourth-order valence-corrected chi connectivity index (χ4v) is 3.40. The zero-order valence-corrected chi connectivity index (χ0v) is 12.1. The minimum Gasteiger partial charge on any atom is -0.468 e. The number of ether oxygens (including phenoxy) is 1. The van der Waals surface area contributed by atoms with Crippen molar-refractivity contribution in [3.05, 3.63) is 48.0 Å². The van der Waals surface area contributed by atoms with Gasteiger partial charge in [0.15, 0.2) is 0 Å². The molecule has 0 unspecified atom stereocenters. The third kappa shape index (κ3) is 2.46. The van der Waals surface area contributed by atoms with Crippen molar-refractivity contribution in [2.75, 3.05) is 7.11 Å². The summed E-state index contributed by atoms with van der Waals surface area (Å²) in [5.74, 6) is -1.26. The van der Waals surface area contributed by atoms with E-state index in [-0.39, 0.29) is 17.9 Å². The van der Waals surface area contributed by atoms with E-state index < -0.39 is 11.9 Å². The lowest BCUT2D eigenvalue weighted by molar-refractivity contribution is -0.151. The zero-order valence-electron chi connectivity index (χ0n) is 12.1. The first-order chi connectivity index (χ1) is 10.2. The molecule has 3 atom stereocenters. The van der Waals surface area contributed by atoms with Crippen molar-refractivity contribution in [1.82, 2.24) is 4.90 Å². The van der Waals surface area contributed by atoms with Crippen LogP contribution in [0, 0.1) is 11.8 Å². The summed E-state index contributed by atoms with van der Waals surface area (Å²) in [5, 5.41) is 0. The fourth-order valence-electron chi connectivity index (χ4n) is 3.40. The molecule has 0 spiro atoms. The SMILES string of the molecule is COC(=O)[C@H]1C(=O)N(Cc2ccccc2)[C@@H]2CCC=C[C@H]12. The third-order valence-electron chi connectivity index (χ3n) is 4.42. The summed E-state index contributed by atoms with van der Waals surface area (Å²) < 4.78 is 4.83. The van der Waals surface area contributed by atoms with Gasteiger partial charge in [0.1, 0.15) is 5.92 Å². The smallest absolute Gasteiger partial charge is 0.318 e. The van der Waals surface area contributed by atoms with E-state index in [2.05, 4.69) is 6.08 Å². The molecule has 1 amide bonds. The van der Waals surface area contributed by atoms with E-state index in [1.54, 1.807) is 0 Å². The van der Waals surface area contributed by atoms with Crippen LogP contribution in [0.4, 0.5) is 0 Å². The van der Waals surface area contributed by atoms with Gasteiger partial charge in [0.2, 0.25) is 5.91 Å². The van der Waals surface area contributed by atoms with Crippen LogP contribution in [0.25, 0.3) is 0 Å². The van der Waals surface area contributed by atoms with E-state index in [1.165, 1.54) is 7.11 Å². The summed E-state index contributed by atoms with van der Waals surface area (Å²) in [6, 6.07) is 10.0. The number of amides is 1. The van der Waals surface area contributed by atoms with E-state index in [1.807, 2.05) is 41.3 Å². The van der Waals surface area contributed by atoms with Crippen LogP contribution in [0.2, 0.25) is 0 Å². The minimum atomic E-state index is -0.680. The van der Waals surface area contributed by atoms with Crippen molar-refractivity contribution in [3.8, 4) is 0 Å². The number of benzene rings is 1. The number of allylic oxidation sites excluding steroid dienone is 1. The number of carbonyl (C=O) groups is 2. The molecule has 0 aromatic heterocycles. The van der Waals surface area contributed by atoms with Crippen molar-refractivity contribution in [3.63, 3.8) is 0 Å². The van der Waals surface area contributed by atoms with Gasteiger partial charge in [-0.1, -0.05) is 42.5 Å². The molecule has 4 nitrogen and oxygen atoms in total. The maximum atomic E-state index is 12.7. The Hall–Kier alpha value is -2.10. The number of likely N-dealkylation sites (tertiary alicyclic amines) is 1. The molecule has 1 fully saturated rings. The number of rotatable bonds is 3. The molecule has 0 radical (unpaired) electrons. The second kappa shape index (κ2) is 5.72. The van der Waals surface area contributed by atoms with Gasteiger partial charge in [0, 0.05) is 18.5 Å². The number of carbonyl (C=O) groups excluding carboxylic acids is 2. The van der Waals surface area contributed by atoms with Gasteiger partial charge in [-0.25, -0.2) is 0 Å². The molecule has 110 valence electrons. The van der Waals surface area contributed by atoms with Crippen molar-refractivity contribution in [1.29, 1.82) is 0 Å². The summed E-state index contributed by atoms with van der Waals surface area (Å²) in [4.78, 5) is 26.5. The largest absolute Gasteiger partial charge is 0.468 e. The molecule has 1 heterocycles. The standard InChI is InChI=1S/C17H19NO3/c1-21-17(20)15-13-9-5-6-10-14(13)18(16(15)19)11-12-7-3-2-4-8-12/h2-5,7-9,13-15H,6,10-11H2,1H3/t13-,14+,15+/m0/s1. The van der Waals surface area contributed by atoms with Gasteiger partial charge in [-0.2, -0.15) is 0 Å². The molecule has 1 aliphatic carbocycles. The second-order valence-electron chi connectivity index (χ2n) is 5.60. The molecule has 2 aliphatic rings. The molecule has 4 heteroatoms. The minimum absolute atomic E-state index is 0.0533. The van der Waals surface area contributed by atoms with Gasteiger partial charge in [0.05, 0.1) is 7.11 Å². The summed E-state index contributed by atoms with van der Waals surface area (Å²) >= 11 is 0. The summed E-state index contributed by atoms with van der Waals surface area (Å²) in [7, 11) is 1.34. The Kier molecular flexibility index (Phi) is 3.78. The topological polar surface area (TPSA) is 46.6 Å². The molecular formula is C17H19NO3. The van der Waals surface area contributed by atoms with Gasteiger partial charge in [-0.05, 0) is 18.4 Å². The number of nitrogens with zero attached hydrogens (tertiary/aromatic N) is 1. The van der Waals surface area contributed by atoms with Crippen molar-refractivity contribution in [2.24, 2.45) is 11.8 Å². The molecule has 21 heavy (non-hydrogen) atoms. The molecule has 0 saturated carbocycles. The second-order valence-corrected chi connectivity index (χ2v) is 5.60. The number of esters is 1. The van der Waals surface area contributed by atoms with Gasteiger partial charge in [-0.3, -0.25) is 9.59 Å². The lowest BCUT2D eigenvalue weighted by Gasteiger charge is -2.29. The normalized spacial score (nSPS) is 27.6. The van der Waals surface area contributed by atoms with Crippen LogP contribution in [0.5, 0.6) is 0 Å². The Morgan fingerprint density at radius 2 is 2.10 bits per heavy atom. The van der Waals surface area contributed by atoms with Gasteiger partial charge < -0.3 is 9.64 Å². The van der Waals surface area contributed by atoms with Crippen LogP contribution < -0.4 is 0 Å². The number of methoxy groups -OCH3 is 1. The first kappa shape index (κ1) is 13.9. The first-order valence-corrected chi connectivity index (χ1v) is 7.31. The number of hydrogen-bond donors (Lipinski definition) is 0. The lowest BCUT2D eigenvalue weighted by Crippen LogP contribution is -2.35. The molecule has 3 rings (SSSR count). The molecule has 1 aromatic rings. The Morgan fingerprint density at radius 3 is 2.81 bits per heavy atom. The average Bonchev–Trinajstić information content (AvgIpc) is 2.80.